The zero-order chi connectivity index (χ0) is 18.6. The average Bonchev–Trinajstić information content (AvgIpc) is 3.47. The number of carbonyl (C=O) groups is 1. The minimum Gasteiger partial charge on any atom is -0.461 e. The maximum absolute atomic E-state index is 13.2. The molecule has 0 radical (unpaired) electrons. The van der Waals surface area contributed by atoms with Crippen LogP contribution in [0.2, 0.25) is 0 Å². The average molecular weight is 382 g/mol. The number of amides is 1. The Bertz CT molecular complexity index is 886. The van der Waals surface area contributed by atoms with Crippen molar-refractivity contribution >= 4 is 17.7 Å². The molecule has 27 heavy (non-hydrogen) atoms. The number of nitrogens with zero attached hydrogens (tertiary/aromatic N) is 4. The molecule has 1 aliphatic heterocycles. The Balaban J connectivity index is 1.67. The Hall–Kier alpha value is -2.54. The van der Waals surface area contributed by atoms with E-state index in [1.807, 2.05) is 58.9 Å². The number of carbonyl (C=O) groups excluding carboxylic acids is 1. The van der Waals surface area contributed by atoms with E-state index in [1.54, 1.807) is 6.26 Å². The second-order valence-electron chi connectivity index (χ2n) is 6.47. The third-order valence-electron chi connectivity index (χ3n) is 4.74. The third-order valence-corrected chi connectivity index (χ3v) is 5.96. The van der Waals surface area contributed by atoms with E-state index in [0.717, 1.165) is 36.7 Å². The highest BCUT2D eigenvalue weighted by Crippen LogP contribution is 2.37. The molecule has 6 nitrogen and oxygen atoms in total. The van der Waals surface area contributed by atoms with Crippen molar-refractivity contribution in [3.05, 3.63) is 54.3 Å². The summed E-state index contributed by atoms with van der Waals surface area (Å²) in [5.41, 5.74) is 0.990. The smallest absolute Gasteiger partial charge is 0.240 e. The summed E-state index contributed by atoms with van der Waals surface area (Å²) in [4.78, 5) is 15.2. The first-order valence-corrected chi connectivity index (χ1v) is 10.1. The van der Waals surface area contributed by atoms with Crippen molar-refractivity contribution in [3.63, 3.8) is 0 Å². The van der Waals surface area contributed by atoms with Crippen LogP contribution >= 0.6 is 11.8 Å². The fourth-order valence-corrected chi connectivity index (χ4v) is 4.53. The van der Waals surface area contributed by atoms with Gasteiger partial charge in [0.1, 0.15) is 5.25 Å². The van der Waals surface area contributed by atoms with Gasteiger partial charge in [-0.3, -0.25) is 9.36 Å². The SMILES string of the molecule is CCn1c(SC(C(=O)N2CCCC2)c2ccccc2)nnc1-c1ccco1. The van der Waals surface area contributed by atoms with Gasteiger partial charge in [0, 0.05) is 19.6 Å². The Kier molecular flexibility index (Phi) is 5.29. The first-order valence-electron chi connectivity index (χ1n) is 9.25. The zero-order valence-corrected chi connectivity index (χ0v) is 16.1. The fourth-order valence-electron chi connectivity index (χ4n) is 3.35. The first kappa shape index (κ1) is 17.9. The van der Waals surface area contributed by atoms with Gasteiger partial charge in [-0.15, -0.1) is 10.2 Å². The second kappa shape index (κ2) is 8.00. The lowest BCUT2D eigenvalue weighted by Crippen LogP contribution is -2.31. The van der Waals surface area contributed by atoms with Crippen molar-refractivity contribution in [2.75, 3.05) is 13.1 Å². The summed E-state index contributed by atoms with van der Waals surface area (Å²) >= 11 is 1.46. The van der Waals surface area contributed by atoms with Crippen molar-refractivity contribution in [1.82, 2.24) is 19.7 Å². The minimum absolute atomic E-state index is 0.147. The van der Waals surface area contributed by atoms with Gasteiger partial charge in [0.2, 0.25) is 5.91 Å². The van der Waals surface area contributed by atoms with Crippen molar-refractivity contribution in [2.24, 2.45) is 0 Å². The summed E-state index contributed by atoms with van der Waals surface area (Å²) in [6.07, 6.45) is 3.78. The molecule has 1 atom stereocenters. The lowest BCUT2D eigenvalue weighted by atomic mass is 10.1. The van der Waals surface area contributed by atoms with Gasteiger partial charge in [-0.2, -0.15) is 0 Å². The summed E-state index contributed by atoms with van der Waals surface area (Å²) < 4.78 is 7.48. The number of furan rings is 1. The minimum atomic E-state index is -0.330. The topological polar surface area (TPSA) is 64.2 Å². The van der Waals surface area contributed by atoms with Gasteiger partial charge in [0.15, 0.2) is 16.7 Å². The molecular weight excluding hydrogens is 360 g/mol. The van der Waals surface area contributed by atoms with Crippen molar-refractivity contribution in [3.8, 4) is 11.6 Å². The van der Waals surface area contributed by atoms with Crippen LogP contribution in [0.5, 0.6) is 0 Å². The predicted molar refractivity (Wildman–Crippen MR) is 104 cm³/mol. The Morgan fingerprint density at radius 3 is 2.59 bits per heavy atom. The third kappa shape index (κ3) is 3.64. The standard InChI is InChI=1S/C20H22N4O2S/c1-2-24-18(16-11-8-14-26-16)21-22-20(24)27-17(15-9-4-3-5-10-15)19(25)23-12-6-7-13-23/h3-5,8-11,14,17H,2,6-7,12-13H2,1H3. The summed E-state index contributed by atoms with van der Waals surface area (Å²) in [5.74, 6) is 1.51. The monoisotopic (exact) mass is 382 g/mol. The quantitative estimate of drug-likeness (QED) is 0.603. The van der Waals surface area contributed by atoms with Crippen LogP contribution in [0.3, 0.4) is 0 Å². The van der Waals surface area contributed by atoms with E-state index < -0.39 is 0 Å². The van der Waals surface area contributed by atoms with Crippen LogP contribution in [-0.4, -0.2) is 38.7 Å². The molecule has 1 aliphatic rings. The molecule has 1 unspecified atom stereocenters. The fraction of sp³-hybridized carbons (Fsp3) is 0.350. The maximum Gasteiger partial charge on any atom is 0.240 e. The van der Waals surface area contributed by atoms with Crippen LogP contribution in [-0.2, 0) is 11.3 Å². The molecule has 3 heterocycles. The Labute approximate surface area is 162 Å². The largest absolute Gasteiger partial charge is 0.461 e. The van der Waals surface area contributed by atoms with Gasteiger partial charge < -0.3 is 9.32 Å². The van der Waals surface area contributed by atoms with Gasteiger partial charge in [0.25, 0.3) is 0 Å². The Morgan fingerprint density at radius 2 is 1.93 bits per heavy atom. The van der Waals surface area contributed by atoms with E-state index in [0.29, 0.717) is 18.1 Å². The van der Waals surface area contributed by atoms with Crippen LogP contribution in [0, 0.1) is 0 Å². The molecule has 0 saturated carbocycles. The number of likely N-dealkylation sites (tertiary alicyclic amines) is 1. The maximum atomic E-state index is 13.2. The normalized spacial score (nSPS) is 15.2. The predicted octanol–water partition coefficient (Wildman–Crippen LogP) is 4.01. The van der Waals surface area contributed by atoms with E-state index in [1.165, 1.54) is 11.8 Å². The van der Waals surface area contributed by atoms with E-state index in [9.17, 15) is 4.79 Å². The molecule has 0 spiro atoms. The van der Waals surface area contributed by atoms with Crippen molar-refractivity contribution < 1.29 is 9.21 Å². The lowest BCUT2D eigenvalue weighted by Gasteiger charge is -2.23. The van der Waals surface area contributed by atoms with Crippen molar-refractivity contribution in [1.29, 1.82) is 0 Å². The number of aromatic nitrogens is 3. The summed E-state index contributed by atoms with van der Waals surface area (Å²) in [7, 11) is 0. The number of rotatable bonds is 6. The number of benzene rings is 1. The summed E-state index contributed by atoms with van der Waals surface area (Å²) in [6, 6.07) is 13.6. The van der Waals surface area contributed by atoms with Gasteiger partial charge in [0.05, 0.1) is 6.26 Å². The molecule has 0 aliphatic carbocycles. The summed E-state index contributed by atoms with van der Waals surface area (Å²) in [6.45, 7) is 4.41. The van der Waals surface area contributed by atoms with Crippen LogP contribution in [0.25, 0.3) is 11.6 Å². The highest BCUT2D eigenvalue weighted by molar-refractivity contribution is 8.00. The molecule has 2 aromatic heterocycles. The summed E-state index contributed by atoms with van der Waals surface area (Å²) in [5, 5.41) is 9.07. The van der Waals surface area contributed by atoms with Crippen LogP contribution in [0.15, 0.2) is 58.3 Å². The molecule has 4 rings (SSSR count). The highest BCUT2D eigenvalue weighted by atomic mass is 32.2. The molecule has 1 amide bonds. The van der Waals surface area contributed by atoms with Gasteiger partial charge in [-0.25, -0.2) is 0 Å². The lowest BCUT2D eigenvalue weighted by molar-refractivity contribution is -0.129. The highest BCUT2D eigenvalue weighted by Gasteiger charge is 2.30. The van der Waals surface area contributed by atoms with Crippen LogP contribution in [0.1, 0.15) is 30.6 Å². The molecule has 1 saturated heterocycles. The van der Waals surface area contributed by atoms with E-state index in [2.05, 4.69) is 10.2 Å². The molecule has 7 heteroatoms. The van der Waals surface area contributed by atoms with Gasteiger partial charge in [-0.05, 0) is 37.5 Å². The number of hydrogen-bond donors (Lipinski definition) is 0. The van der Waals surface area contributed by atoms with Crippen molar-refractivity contribution in [2.45, 2.75) is 36.7 Å². The zero-order valence-electron chi connectivity index (χ0n) is 15.2. The van der Waals surface area contributed by atoms with Crippen LogP contribution in [0.4, 0.5) is 0 Å². The van der Waals surface area contributed by atoms with Crippen LogP contribution < -0.4 is 0 Å². The molecule has 1 aromatic carbocycles. The molecule has 1 fully saturated rings. The molecule has 3 aromatic rings. The van der Waals surface area contributed by atoms with E-state index in [4.69, 9.17) is 4.42 Å². The van der Waals surface area contributed by atoms with E-state index >= 15 is 0 Å². The van der Waals surface area contributed by atoms with Gasteiger partial charge in [-0.1, -0.05) is 42.1 Å². The number of thioether (sulfide) groups is 1. The molecular formula is C20H22N4O2S. The van der Waals surface area contributed by atoms with Gasteiger partial charge >= 0.3 is 0 Å². The molecule has 0 N–H and O–H groups in total. The van der Waals surface area contributed by atoms with E-state index in [-0.39, 0.29) is 11.2 Å². The first-order chi connectivity index (χ1) is 13.3. The second-order valence-corrected chi connectivity index (χ2v) is 7.54. The molecule has 0 bridgehead atoms. The molecule has 140 valence electrons. The number of hydrogen-bond acceptors (Lipinski definition) is 5. The Morgan fingerprint density at radius 1 is 1.15 bits per heavy atom.